The standard InChI is InChI=1S/C60H67N11O10/c1-38(72)64-48(34-52(74)75)55(76)62-37-71-51(73)22-29-70(58(71)78)49-32-39(13-18-50(49)80-5)10-9-25-63-59(2)23-30-68(31-24-59)42-20-27-69(28-21-42)57-65-47-17-14-40(46-35-67(3)56(77)53-44(46)19-26-61-53)33-45(47)54(66-57)60(36-79-4,81-43-15-16-43)41-11-7-6-8-12-41/h6-8,11-14,17-19,22,26,29,32-33,35,42-43,48,61,63H,15-16,20-21,23-25,27-28,30-31,34,36-37H2,1-5H3,(H,62,76)(H,64,72)(H,74,75)/t48-,60-/m0/s1. The molecule has 21 heteroatoms. The number of anilines is 1. The highest BCUT2D eigenvalue weighted by molar-refractivity contribution is 5.97. The number of ether oxygens (including phenoxy) is 3. The minimum atomic E-state index is -1.41. The van der Waals surface area contributed by atoms with Gasteiger partial charge in [-0.1, -0.05) is 48.2 Å². The summed E-state index contributed by atoms with van der Waals surface area (Å²) in [6.45, 7) is 6.90. The normalized spacial score (nSPS) is 16.8. The molecule has 1 saturated carbocycles. The summed E-state index contributed by atoms with van der Waals surface area (Å²) >= 11 is 0. The summed E-state index contributed by atoms with van der Waals surface area (Å²) < 4.78 is 22.4. The van der Waals surface area contributed by atoms with Crippen LogP contribution in [-0.4, -0.2) is 134 Å². The van der Waals surface area contributed by atoms with E-state index < -0.39 is 53.8 Å². The largest absolute Gasteiger partial charge is 0.495 e. The van der Waals surface area contributed by atoms with Crippen LogP contribution in [0.15, 0.2) is 112 Å². The number of hydrogen-bond donors (Lipinski definition) is 5. The minimum absolute atomic E-state index is 0.0626. The SMILES string of the molecule is COC[C@](OC1CC1)(c1ccccc1)c1nc(N2CCC(N3CCC(C)(NCC#Cc4ccc(OC)c(-n5ccc(=O)n(CNC(=O)[C@H](CC(=O)O)NC(C)=O)c5=O)c4)CC3)CC2)nc2ccc(-c3cn(C)c(=O)c4[nH]ccc34)cc12. The maximum absolute atomic E-state index is 13.7. The molecular weight excluding hydrogens is 1030 g/mol. The Kier molecular flexibility index (Phi) is 16.4. The lowest BCUT2D eigenvalue weighted by molar-refractivity contribution is -0.140. The zero-order valence-corrected chi connectivity index (χ0v) is 46.1. The van der Waals surface area contributed by atoms with Gasteiger partial charge in [0, 0.05) is 105 Å². The molecule has 422 valence electrons. The smallest absolute Gasteiger partial charge is 0.337 e. The molecule has 81 heavy (non-hydrogen) atoms. The van der Waals surface area contributed by atoms with Crippen LogP contribution in [0.2, 0.25) is 0 Å². The molecule has 21 nitrogen and oxygen atoms in total. The zero-order chi connectivity index (χ0) is 57.0. The average Bonchev–Trinajstić information content (AvgIpc) is 4.01. The number of carbonyl (C=O) groups is 3. The summed E-state index contributed by atoms with van der Waals surface area (Å²) in [5.41, 5.74) is 3.03. The van der Waals surface area contributed by atoms with Gasteiger partial charge in [-0.25, -0.2) is 19.3 Å². The van der Waals surface area contributed by atoms with E-state index in [0.717, 1.165) is 121 Å². The number of rotatable bonds is 19. The van der Waals surface area contributed by atoms with E-state index in [-0.39, 0.29) is 23.8 Å². The van der Waals surface area contributed by atoms with Gasteiger partial charge in [0.1, 0.15) is 24.0 Å². The second kappa shape index (κ2) is 23.7. The quantitative estimate of drug-likeness (QED) is 0.0705. The van der Waals surface area contributed by atoms with Gasteiger partial charge in [-0.05, 0) is 93.0 Å². The van der Waals surface area contributed by atoms with Gasteiger partial charge in [0.15, 0.2) is 5.60 Å². The van der Waals surface area contributed by atoms with E-state index in [1.54, 1.807) is 43.1 Å². The minimum Gasteiger partial charge on any atom is -0.495 e. The number of likely N-dealkylation sites (tertiary alicyclic amines) is 1. The first-order valence-electron chi connectivity index (χ1n) is 27.3. The van der Waals surface area contributed by atoms with Crippen LogP contribution in [0.4, 0.5) is 5.95 Å². The van der Waals surface area contributed by atoms with Crippen molar-refractivity contribution in [3.05, 3.63) is 145 Å². The molecule has 3 aromatic carbocycles. The lowest BCUT2D eigenvalue weighted by atomic mass is 9.87. The summed E-state index contributed by atoms with van der Waals surface area (Å²) in [5, 5.41) is 19.3. The molecule has 2 aliphatic heterocycles. The summed E-state index contributed by atoms with van der Waals surface area (Å²) in [4.78, 5) is 94.2. The first-order chi connectivity index (χ1) is 39.1. The summed E-state index contributed by atoms with van der Waals surface area (Å²) in [6, 6.07) is 23.7. The Labute approximate surface area is 467 Å². The van der Waals surface area contributed by atoms with Crippen LogP contribution in [0.25, 0.3) is 38.6 Å². The number of benzene rings is 3. The van der Waals surface area contributed by atoms with Gasteiger partial charge in [-0.2, -0.15) is 0 Å². The fourth-order valence-electron chi connectivity index (χ4n) is 11.2. The van der Waals surface area contributed by atoms with Crippen molar-refractivity contribution in [2.24, 2.45) is 7.05 Å². The molecule has 6 heterocycles. The highest BCUT2D eigenvalue weighted by Crippen LogP contribution is 2.44. The Bertz CT molecular complexity index is 3730. The number of methoxy groups -OCH3 is 2. The molecule has 5 N–H and O–H groups in total. The van der Waals surface area contributed by atoms with E-state index in [0.29, 0.717) is 41.1 Å². The monoisotopic (exact) mass is 1100 g/mol. The molecule has 2 amide bonds. The number of aromatic amines is 1. The van der Waals surface area contributed by atoms with Crippen LogP contribution in [0.1, 0.15) is 75.6 Å². The van der Waals surface area contributed by atoms with E-state index in [9.17, 15) is 33.9 Å². The number of aromatic nitrogens is 6. The van der Waals surface area contributed by atoms with Crippen LogP contribution in [0.5, 0.6) is 5.75 Å². The number of H-pyrrole nitrogens is 1. The van der Waals surface area contributed by atoms with Crippen molar-refractivity contribution in [3.63, 3.8) is 0 Å². The van der Waals surface area contributed by atoms with Crippen LogP contribution < -0.4 is 42.4 Å². The second-order valence-corrected chi connectivity index (χ2v) is 21.4. The van der Waals surface area contributed by atoms with Crippen molar-refractivity contribution in [3.8, 4) is 34.4 Å². The molecular formula is C60H67N11O10. The Morgan fingerprint density at radius 3 is 2.40 bits per heavy atom. The average molecular weight is 1100 g/mol. The number of carboxylic acid groups (broad SMARTS) is 1. The zero-order valence-electron chi connectivity index (χ0n) is 46.1. The fraction of sp³-hybridized carbons (Fsp3) is 0.400. The van der Waals surface area contributed by atoms with Crippen LogP contribution in [0.3, 0.4) is 0 Å². The number of amides is 2. The predicted octanol–water partition coefficient (Wildman–Crippen LogP) is 4.38. The maximum atomic E-state index is 13.7. The third-order valence-electron chi connectivity index (χ3n) is 15.7. The molecule has 3 aliphatic rings. The first kappa shape index (κ1) is 55.9. The van der Waals surface area contributed by atoms with Crippen LogP contribution >= 0.6 is 0 Å². The third kappa shape index (κ3) is 12.1. The van der Waals surface area contributed by atoms with Crippen molar-refractivity contribution < 1.29 is 33.7 Å². The Morgan fingerprint density at radius 1 is 0.926 bits per heavy atom. The van der Waals surface area contributed by atoms with Gasteiger partial charge in [-0.3, -0.25) is 28.5 Å². The van der Waals surface area contributed by atoms with Crippen molar-refractivity contribution in [1.29, 1.82) is 0 Å². The van der Waals surface area contributed by atoms with Gasteiger partial charge < -0.3 is 54.6 Å². The van der Waals surface area contributed by atoms with Crippen molar-refractivity contribution >= 4 is 45.5 Å². The summed E-state index contributed by atoms with van der Waals surface area (Å²) in [5.74, 6) is 4.61. The molecule has 0 radical (unpaired) electrons. The van der Waals surface area contributed by atoms with Gasteiger partial charge in [0.2, 0.25) is 17.8 Å². The van der Waals surface area contributed by atoms with Crippen molar-refractivity contribution in [1.82, 2.24) is 49.5 Å². The number of fused-ring (bicyclic) bond motifs is 2. The highest BCUT2D eigenvalue weighted by Gasteiger charge is 2.45. The van der Waals surface area contributed by atoms with Crippen molar-refractivity contribution in [2.75, 3.05) is 58.5 Å². The van der Waals surface area contributed by atoms with Crippen LogP contribution in [-0.2, 0) is 43.2 Å². The number of carbonyl (C=O) groups excluding carboxylic acids is 2. The first-order valence-corrected chi connectivity index (χ1v) is 27.3. The third-order valence-corrected chi connectivity index (χ3v) is 15.7. The predicted molar refractivity (Wildman–Crippen MR) is 305 cm³/mol. The van der Waals surface area contributed by atoms with Gasteiger partial charge in [-0.15, -0.1) is 0 Å². The van der Waals surface area contributed by atoms with E-state index >= 15 is 0 Å². The number of carboxylic acids is 1. The molecule has 0 spiro atoms. The van der Waals surface area contributed by atoms with Gasteiger partial charge in [0.25, 0.3) is 11.1 Å². The van der Waals surface area contributed by atoms with E-state index in [4.69, 9.17) is 24.2 Å². The Morgan fingerprint density at radius 2 is 1.69 bits per heavy atom. The van der Waals surface area contributed by atoms with Crippen molar-refractivity contribution in [2.45, 2.75) is 94.8 Å². The number of nitrogens with zero attached hydrogens (tertiary/aromatic N) is 7. The number of aryl methyl sites for hydroxylation is 1. The van der Waals surface area contributed by atoms with Crippen LogP contribution in [0, 0.1) is 11.8 Å². The topological polar surface area (TPSA) is 249 Å². The molecule has 0 bridgehead atoms. The highest BCUT2D eigenvalue weighted by atomic mass is 16.6. The maximum Gasteiger partial charge on any atom is 0.337 e. The fourth-order valence-corrected chi connectivity index (χ4v) is 11.2. The molecule has 3 fully saturated rings. The summed E-state index contributed by atoms with van der Waals surface area (Å²) in [7, 11) is 4.92. The van der Waals surface area contributed by atoms with E-state index in [1.807, 2.05) is 30.5 Å². The number of hydrogen-bond acceptors (Lipinski definition) is 14. The number of aliphatic carboxylic acids is 1. The number of piperidine rings is 2. The molecule has 2 atom stereocenters. The summed E-state index contributed by atoms with van der Waals surface area (Å²) in [6.07, 6.45) is 10.0. The van der Waals surface area contributed by atoms with E-state index in [1.165, 1.54) is 17.9 Å². The van der Waals surface area contributed by atoms with E-state index in [2.05, 4.69) is 79.8 Å². The molecule has 1 aliphatic carbocycles. The molecule has 10 rings (SSSR count). The Balaban J connectivity index is 0.807. The molecule has 4 aromatic heterocycles. The van der Waals surface area contributed by atoms with Gasteiger partial charge >= 0.3 is 11.7 Å². The Hall–Kier alpha value is -8.42. The molecule has 7 aromatic rings. The number of pyridine rings is 1. The number of nitrogens with one attached hydrogen (secondary N) is 4. The lowest BCUT2D eigenvalue weighted by Crippen LogP contribution is -2.55. The lowest BCUT2D eigenvalue weighted by Gasteiger charge is -2.45. The second-order valence-electron chi connectivity index (χ2n) is 21.4. The molecule has 2 saturated heterocycles. The molecule has 0 unspecified atom stereocenters. The van der Waals surface area contributed by atoms with Gasteiger partial charge in [0.05, 0.1) is 49.7 Å².